The van der Waals surface area contributed by atoms with Crippen molar-refractivity contribution in [1.82, 2.24) is 9.47 Å². The molecule has 3 N–H and O–H groups in total. The first kappa shape index (κ1) is 42.9. The minimum atomic E-state index is -0.326. The molecule has 1 heterocycles. The fraction of sp³-hybridized carbons (Fsp3) is 0.457. The summed E-state index contributed by atoms with van der Waals surface area (Å²) in [5.41, 5.74) is 7.31. The maximum absolute atomic E-state index is 13.1. The van der Waals surface area contributed by atoms with E-state index in [1.807, 2.05) is 44.2 Å². The molecule has 0 aliphatic carbocycles. The molecule has 2 atom stereocenters. The van der Waals surface area contributed by atoms with Crippen LogP contribution in [0.4, 0.5) is 11.4 Å². The van der Waals surface area contributed by atoms with Crippen LogP contribution in [0.25, 0.3) is 10.9 Å². The van der Waals surface area contributed by atoms with E-state index in [9.17, 15) is 15.0 Å². The van der Waals surface area contributed by atoms with Gasteiger partial charge >= 0.3 is 0 Å². The number of hydrogen-bond acceptors (Lipinski definition) is 5. The molecule has 0 saturated heterocycles. The van der Waals surface area contributed by atoms with Gasteiger partial charge in [0.2, 0.25) is 0 Å². The van der Waals surface area contributed by atoms with Crippen LogP contribution in [0.1, 0.15) is 113 Å². The fourth-order valence-corrected chi connectivity index (χ4v) is 6.56. The van der Waals surface area contributed by atoms with Crippen LogP contribution in [0.15, 0.2) is 79.7 Å². The average molecular weight is 723 g/mol. The van der Waals surface area contributed by atoms with E-state index in [-0.39, 0.29) is 23.1 Å². The summed E-state index contributed by atoms with van der Waals surface area (Å²) in [4.78, 5) is 17.3. The lowest BCUT2D eigenvalue weighted by molar-refractivity contribution is 0.102. The van der Waals surface area contributed by atoms with Crippen molar-refractivity contribution in [2.75, 3.05) is 29.9 Å². The van der Waals surface area contributed by atoms with Crippen molar-refractivity contribution >= 4 is 28.2 Å². The van der Waals surface area contributed by atoms with Crippen molar-refractivity contribution in [3.05, 3.63) is 108 Å². The Morgan fingerprint density at radius 2 is 1.57 bits per heavy atom. The number of aryl methyl sites for hydroxylation is 2. The summed E-state index contributed by atoms with van der Waals surface area (Å²) in [6.07, 6.45) is 11.9. The number of nitrogens with one attached hydrogen (secondary N) is 1. The quantitative estimate of drug-likeness (QED) is 0.0898. The van der Waals surface area contributed by atoms with E-state index in [1.165, 1.54) is 78.4 Å². The zero-order valence-electron chi connectivity index (χ0n) is 34.0. The second-order valence-corrected chi connectivity index (χ2v) is 14.2. The molecule has 0 spiro atoms. The van der Waals surface area contributed by atoms with Crippen molar-refractivity contribution in [2.24, 2.45) is 11.8 Å². The SMILES string of the molecule is C=CN(/C=C\C(C)CC)c1c(O)cc(NC(=O)c2ccc(Cc3ccc4c(c3)c(C)c(C)n4CCCN(CCC)CCC(C)CC)cc2)cc1O.CC. The first-order valence-corrected chi connectivity index (χ1v) is 19.9. The second-order valence-electron chi connectivity index (χ2n) is 14.2. The van der Waals surface area contributed by atoms with Crippen molar-refractivity contribution in [1.29, 1.82) is 0 Å². The van der Waals surface area contributed by atoms with Crippen LogP contribution in [0.5, 0.6) is 11.5 Å². The highest BCUT2D eigenvalue weighted by Gasteiger charge is 2.17. The summed E-state index contributed by atoms with van der Waals surface area (Å²) in [6.45, 7) is 27.9. The zero-order valence-corrected chi connectivity index (χ0v) is 34.0. The third kappa shape index (κ3) is 11.8. The Morgan fingerprint density at radius 3 is 2.17 bits per heavy atom. The summed E-state index contributed by atoms with van der Waals surface area (Å²) in [7, 11) is 0. The van der Waals surface area contributed by atoms with E-state index in [2.05, 4.69) is 88.0 Å². The number of phenols is 2. The van der Waals surface area contributed by atoms with Gasteiger partial charge in [-0.05, 0) is 112 Å². The van der Waals surface area contributed by atoms with Crippen LogP contribution in [0, 0.1) is 25.7 Å². The molecule has 0 aliphatic heterocycles. The number of benzene rings is 3. The van der Waals surface area contributed by atoms with E-state index in [4.69, 9.17) is 0 Å². The van der Waals surface area contributed by atoms with E-state index >= 15 is 0 Å². The molecule has 2 unspecified atom stereocenters. The second kappa shape index (κ2) is 21.3. The Balaban J connectivity index is 0.00000372. The lowest BCUT2D eigenvalue weighted by Gasteiger charge is -2.23. The Hall–Kier alpha value is -4.49. The van der Waals surface area contributed by atoms with Crippen LogP contribution < -0.4 is 10.2 Å². The number of carbonyl (C=O) groups is 1. The number of nitrogens with zero attached hydrogens (tertiary/aromatic N) is 3. The number of fused-ring (bicyclic) bond motifs is 1. The summed E-state index contributed by atoms with van der Waals surface area (Å²) >= 11 is 0. The summed E-state index contributed by atoms with van der Waals surface area (Å²) < 4.78 is 2.49. The Morgan fingerprint density at radius 1 is 0.906 bits per heavy atom. The van der Waals surface area contributed by atoms with E-state index in [0.717, 1.165) is 43.8 Å². The lowest BCUT2D eigenvalue weighted by Crippen LogP contribution is -2.28. The van der Waals surface area contributed by atoms with Gasteiger partial charge in [0.15, 0.2) is 0 Å². The molecule has 1 amide bonds. The third-order valence-corrected chi connectivity index (χ3v) is 10.4. The van der Waals surface area contributed by atoms with Gasteiger partial charge < -0.3 is 29.9 Å². The van der Waals surface area contributed by atoms with E-state index in [0.29, 0.717) is 17.2 Å². The molecule has 7 heteroatoms. The predicted molar refractivity (Wildman–Crippen MR) is 226 cm³/mol. The Bertz CT molecular complexity index is 1770. The van der Waals surface area contributed by atoms with Gasteiger partial charge in [-0.1, -0.05) is 92.2 Å². The summed E-state index contributed by atoms with van der Waals surface area (Å²) in [6, 6.07) is 17.3. The van der Waals surface area contributed by atoms with Crippen LogP contribution in [-0.4, -0.2) is 45.2 Å². The van der Waals surface area contributed by atoms with E-state index in [1.54, 1.807) is 11.1 Å². The topological polar surface area (TPSA) is 81.0 Å². The average Bonchev–Trinajstić information content (AvgIpc) is 3.39. The molecule has 4 rings (SSSR count). The molecule has 0 saturated carbocycles. The highest BCUT2D eigenvalue weighted by molar-refractivity contribution is 6.04. The number of hydrogen-bond donors (Lipinski definition) is 3. The maximum Gasteiger partial charge on any atom is 0.255 e. The molecule has 3 aromatic carbocycles. The molecule has 0 radical (unpaired) electrons. The van der Waals surface area contributed by atoms with Gasteiger partial charge in [-0.25, -0.2) is 0 Å². The first-order valence-electron chi connectivity index (χ1n) is 19.9. The minimum Gasteiger partial charge on any atom is -0.506 e. The monoisotopic (exact) mass is 723 g/mol. The normalized spacial score (nSPS) is 12.5. The van der Waals surface area contributed by atoms with Gasteiger partial charge in [0.1, 0.15) is 17.2 Å². The molecule has 288 valence electrons. The van der Waals surface area contributed by atoms with Crippen molar-refractivity contribution < 1.29 is 15.0 Å². The Kier molecular flexibility index (Phi) is 17.2. The standard InChI is InChI=1S/C44H60N4O3.C2H6/c1-9-22-46(25-20-31(5)10-2)23-13-24-48-34(8)33(7)39-28-36(16-19-40(39)48)27-35-14-17-37(18-15-35)44(51)45-38-29-41(49)43(42(50)30-38)47(12-4)26-21-32(6)11-3;1-2/h12,14-19,21,26,28-32,49-50H,4,9-11,13,20,22-25,27H2,1-3,5-8H3,(H,45,51);1-2H3/b26-21-;. The highest BCUT2D eigenvalue weighted by Crippen LogP contribution is 2.40. The third-order valence-electron chi connectivity index (χ3n) is 10.4. The summed E-state index contributed by atoms with van der Waals surface area (Å²) in [5, 5.41) is 25.6. The van der Waals surface area contributed by atoms with E-state index < -0.39 is 0 Å². The van der Waals surface area contributed by atoms with Crippen LogP contribution in [0.2, 0.25) is 0 Å². The molecule has 0 fully saturated rings. The molecular formula is C46H66N4O3. The lowest BCUT2D eigenvalue weighted by atomic mass is 10.0. The minimum absolute atomic E-state index is 0.168. The number of allylic oxidation sites excluding steroid dienone is 1. The van der Waals surface area contributed by atoms with Crippen LogP contribution >= 0.6 is 0 Å². The van der Waals surface area contributed by atoms with Crippen molar-refractivity contribution in [3.63, 3.8) is 0 Å². The largest absolute Gasteiger partial charge is 0.506 e. The van der Waals surface area contributed by atoms with Crippen molar-refractivity contribution in [3.8, 4) is 11.5 Å². The smallest absolute Gasteiger partial charge is 0.255 e. The number of phenolic OH excluding ortho intramolecular Hbond substituents is 2. The zero-order chi connectivity index (χ0) is 39.1. The first-order chi connectivity index (χ1) is 25.5. The van der Waals surface area contributed by atoms with Crippen LogP contribution in [0.3, 0.4) is 0 Å². The van der Waals surface area contributed by atoms with Gasteiger partial charge in [0, 0.05) is 58.9 Å². The van der Waals surface area contributed by atoms with Gasteiger partial charge in [0.25, 0.3) is 5.91 Å². The van der Waals surface area contributed by atoms with Gasteiger partial charge in [0.05, 0.1) is 0 Å². The van der Waals surface area contributed by atoms with Crippen LogP contribution in [-0.2, 0) is 13.0 Å². The maximum atomic E-state index is 13.1. The number of carbonyl (C=O) groups excluding carboxylic acids is 1. The fourth-order valence-electron chi connectivity index (χ4n) is 6.56. The van der Waals surface area contributed by atoms with Gasteiger partial charge in [-0.3, -0.25) is 4.79 Å². The Labute approximate surface area is 320 Å². The molecule has 0 aliphatic rings. The van der Waals surface area contributed by atoms with Crippen molar-refractivity contribution in [2.45, 2.75) is 107 Å². The molecule has 0 bridgehead atoms. The number of rotatable bonds is 19. The van der Waals surface area contributed by atoms with Gasteiger partial charge in [-0.15, -0.1) is 0 Å². The highest BCUT2D eigenvalue weighted by atomic mass is 16.3. The number of aromatic hydroxyl groups is 2. The number of amides is 1. The predicted octanol–water partition coefficient (Wildman–Crippen LogP) is 11.6. The molecule has 7 nitrogen and oxygen atoms in total. The molecule has 4 aromatic rings. The van der Waals surface area contributed by atoms with Gasteiger partial charge in [-0.2, -0.15) is 0 Å². The molecule has 53 heavy (non-hydrogen) atoms. The molecular weight excluding hydrogens is 657 g/mol. The number of anilines is 2. The molecule has 1 aromatic heterocycles. The summed E-state index contributed by atoms with van der Waals surface area (Å²) in [5.74, 6) is 0.453. The number of aromatic nitrogens is 1.